The Morgan fingerprint density at radius 3 is 2.28 bits per heavy atom. The first-order valence-electron chi connectivity index (χ1n) is 11.4. The van der Waals surface area contributed by atoms with Gasteiger partial charge in [0, 0.05) is 5.69 Å². The molecule has 1 fully saturated rings. The maximum absolute atomic E-state index is 13.4. The van der Waals surface area contributed by atoms with E-state index in [0.717, 1.165) is 11.1 Å². The number of aliphatic hydroxyl groups is 1. The third-order valence-corrected chi connectivity index (χ3v) is 6.20. The van der Waals surface area contributed by atoms with E-state index in [1.165, 1.54) is 19.1 Å². The Bertz CT molecular complexity index is 1370. The lowest BCUT2D eigenvalue weighted by Crippen LogP contribution is -2.29. The number of ketones is 1. The molecule has 1 amide bonds. The largest absolute Gasteiger partial charge is 0.507 e. The molecule has 36 heavy (non-hydrogen) atoms. The molecule has 1 saturated heterocycles. The van der Waals surface area contributed by atoms with Crippen molar-refractivity contribution in [2.24, 2.45) is 0 Å². The Balaban J connectivity index is 1.90. The van der Waals surface area contributed by atoms with Crippen LogP contribution in [0.2, 0.25) is 0 Å². The van der Waals surface area contributed by atoms with Gasteiger partial charge in [-0.2, -0.15) is 0 Å². The molecular weight excluding hydrogens is 458 g/mol. The average Bonchev–Trinajstić information content (AvgIpc) is 3.14. The molecule has 3 aromatic carbocycles. The highest BCUT2D eigenvalue weighted by atomic mass is 16.5. The van der Waals surface area contributed by atoms with Crippen LogP contribution in [0.3, 0.4) is 0 Å². The van der Waals surface area contributed by atoms with Gasteiger partial charge in [-0.1, -0.05) is 53.6 Å². The van der Waals surface area contributed by atoms with Gasteiger partial charge in [-0.3, -0.25) is 19.3 Å². The highest BCUT2D eigenvalue weighted by molar-refractivity contribution is 6.51. The van der Waals surface area contributed by atoms with E-state index in [1.54, 1.807) is 36.4 Å². The summed E-state index contributed by atoms with van der Waals surface area (Å²) in [5, 5.41) is 11.4. The van der Waals surface area contributed by atoms with Gasteiger partial charge in [0.15, 0.2) is 0 Å². The predicted molar refractivity (Wildman–Crippen MR) is 136 cm³/mol. The molecule has 0 saturated carbocycles. The van der Waals surface area contributed by atoms with Crippen molar-refractivity contribution >= 4 is 29.1 Å². The van der Waals surface area contributed by atoms with Crippen LogP contribution in [-0.4, -0.2) is 37.0 Å². The van der Waals surface area contributed by atoms with Gasteiger partial charge in [0.05, 0.1) is 37.8 Å². The second kappa shape index (κ2) is 10.1. The summed E-state index contributed by atoms with van der Waals surface area (Å²) in [4.78, 5) is 39.8. The number of methoxy groups -OCH3 is 2. The van der Waals surface area contributed by atoms with E-state index in [0.29, 0.717) is 28.1 Å². The quantitative estimate of drug-likeness (QED) is 0.236. The summed E-state index contributed by atoms with van der Waals surface area (Å²) in [6.45, 7) is 3.78. The maximum Gasteiger partial charge on any atom is 0.309 e. The van der Waals surface area contributed by atoms with E-state index in [2.05, 4.69) is 0 Å². The standard InChI is InChI=1S/C29H27NO6/c1-17-6-5-7-20(14-17)26-25(27(32)22-15-18(2)8-13-23(22)35-3)28(33)29(34)30(26)21-11-9-19(10-12-21)16-24(31)36-4/h5-15,26,32H,16H2,1-4H3/b27-25+. The van der Waals surface area contributed by atoms with Crippen molar-refractivity contribution in [1.82, 2.24) is 0 Å². The van der Waals surface area contributed by atoms with Crippen molar-refractivity contribution in [3.63, 3.8) is 0 Å². The van der Waals surface area contributed by atoms with E-state index in [-0.39, 0.29) is 23.7 Å². The monoisotopic (exact) mass is 485 g/mol. The SMILES string of the molecule is COC(=O)Cc1ccc(N2C(=O)C(=O)/C(=C(/O)c3cc(C)ccc3OC)C2c2cccc(C)c2)cc1. The van der Waals surface area contributed by atoms with Crippen LogP contribution in [0.4, 0.5) is 5.69 Å². The van der Waals surface area contributed by atoms with Crippen LogP contribution < -0.4 is 9.64 Å². The lowest BCUT2D eigenvalue weighted by Gasteiger charge is -2.26. The van der Waals surface area contributed by atoms with Crippen molar-refractivity contribution in [3.8, 4) is 5.75 Å². The number of aliphatic hydroxyl groups excluding tert-OH is 1. The van der Waals surface area contributed by atoms with Gasteiger partial charge in [0.1, 0.15) is 11.5 Å². The summed E-state index contributed by atoms with van der Waals surface area (Å²) < 4.78 is 10.1. The van der Waals surface area contributed by atoms with Crippen LogP contribution in [0.5, 0.6) is 5.75 Å². The van der Waals surface area contributed by atoms with Crippen LogP contribution in [0, 0.1) is 13.8 Å². The third kappa shape index (κ3) is 4.60. The number of hydrogen-bond donors (Lipinski definition) is 1. The first-order chi connectivity index (χ1) is 17.2. The molecule has 1 aliphatic rings. The maximum atomic E-state index is 13.4. The molecule has 0 aliphatic carbocycles. The number of nitrogens with zero attached hydrogens (tertiary/aromatic N) is 1. The Kier molecular flexibility index (Phi) is 6.92. The molecule has 0 spiro atoms. The molecule has 1 heterocycles. The van der Waals surface area contributed by atoms with E-state index in [4.69, 9.17) is 9.47 Å². The summed E-state index contributed by atoms with van der Waals surface area (Å²) in [7, 11) is 2.80. The molecule has 3 aromatic rings. The summed E-state index contributed by atoms with van der Waals surface area (Å²) in [6.07, 6.45) is 0.0874. The highest BCUT2D eigenvalue weighted by Crippen LogP contribution is 2.43. The predicted octanol–water partition coefficient (Wildman–Crippen LogP) is 4.65. The number of rotatable bonds is 6. The molecule has 0 bridgehead atoms. The van der Waals surface area contributed by atoms with Crippen LogP contribution in [-0.2, 0) is 25.5 Å². The molecule has 0 radical (unpaired) electrons. The zero-order chi connectivity index (χ0) is 26.0. The van der Waals surface area contributed by atoms with Crippen LogP contribution in [0.25, 0.3) is 5.76 Å². The summed E-state index contributed by atoms with van der Waals surface area (Å²) in [6, 6.07) is 18.7. The Hall–Kier alpha value is -4.39. The topological polar surface area (TPSA) is 93.1 Å². The lowest BCUT2D eigenvalue weighted by atomic mass is 9.93. The number of Topliss-reactive ketones (excluding diaryl/α,β-unsaturated/α-hetero) is 1. The number of ether oxygens (including phenoxy) is 2. The number of carbonyl (C=O) groups is 3. The van der Waals surface area contributed by atoms with Crippen molar-refractivity contribution in [3.05, 3.63) is 100 Å². The number of benzene rings is 3. The molecular formula is C29H27NO6. The van der Waals surface area contributed by atoms with Gasteiger partial charge in [0.25, 0.3) is 11.7 Å². The van der Waals surface area contributed by atoms with Crippen molar-refractivity contribution in [2.75, 3.05) is 19.1 Å². The Morgan fingerprint density at radius 2 is 1.64 bits per heavy atom. The van der Waals surface area contributed by atoms with Crippen molar-refractivity contribution in [2.45, 2.75) is 26.3 Å². The Labute approximate surface area is 209 Å². The molecule has 184 valence electrons. The molecule has 1 aliphatic heterocycles. The van der Waals surface area contributed by atoms with Crippen molar-refractivity contribution < 1.29 is 29.0 Å². The third-order valence-electron chi connectivity index (χ3n) is 6.20. The molecule has 7 nitrogen and oxygen atoms in total. The van der Waals surface area contributed by atoms with Gasteiger partial charge in [-0.05, 0) is 49.2 Å². The number of carbonyl (C=O) groups excluding carboxylic acids is 3. The van der Waals surface area contributed by atoms with E-state index >= 15 is 0 Å². The normalized spacial score (nSPS) is 16.8. The molecule has 4 rings (SSSR count). The minimum atomic E-state index is -0.860. The van der Waals surface area contributed by atoms with Gasteiger partial charge >= 0.3 is 5.97 Å². The molecule has 1 atom stereocenters. The van der Waals surface area contributed by atoms with Gasteiger partial charge in [-0.15, -0.1) is 0 Å². The van der Waals surface area contributed by atoms with Gasteiger partial charge in [0.2, 0.25) is 0 Å². The molecule has 7 heteroatoms. The Morgan fingerprint density at radius 1 is 0.944 bits per heavy atom. The van der Waals surface area contributed by atoms with Gasteiger partial charge < -0.3 is 14.6 Å². The fourth-order valence-corrected chi connectivity index (χ4v) is 4.42. The van der Waals surface area contributed by atoms with Crippen LogP contribution >= 0.6 is 0 Å². The minimum Gasteiger partial charge on any atom is -0.507 e. The van der Waals surface area contributed by atoms with Crippen molar-refractivity contribution in [1.29, 1.82) is 0 Å². The molecule has 1 N–H and O–H groups in total. The first kappa shape index (κ1) is 24.7. The van der Waals surface area contributed by atoms with E-state index in [1.807, 2.05) is 44.2 Å². The minimum absolute atomic E-state index is 0.0202. The molecule has 1 unspecified atom stereocenters. The smallest absolute Gasteiger partial charge is 0.309 e. The second-order valence-corrected chi connectivity index (χ2v) is 8.71. The highest BCUT2D eigenvalue weighted by Gasteiger charge is 2.47. The fourth-order valence-electron chi connectivity index (χ4n) is 4.42. The molecule has 0 aromatic heterocycles. The first-order valence-corrected chi connectivity index (χ1v) is 11.4. The summed E-state index contributed by atoms with van der Waals surface area (Å²) in [5.74, 6) is -1.84. The van der Waals surface area contributed by atoms with Gasteiger partial charge in [-0.25, -0.2) is 0 Å². The number of aryl methyl sites for hydroxylation is 2. The second-order valence-electron chi connectivity index (χ2n) is 8.71. The zero-order valence-corrected chi connectivity index (χ0v) is 20.6. The summed E-state index contributed by atoms with van der Waals surface area (Å²) >= 11 is 0. The number of hydrogen-bond acceptors (Lipinski definition) is 6. The number of anilines is 1. The average molecular weight is 486 g/mol. The van der Waals surface area contributed by atoms with E-state index < -0.39 is 17.7 Å². The fraction of sp³-hybridized carbons (Fsp3) is 0.207. The van der Waals surface area contributed by atoms with Crippen LogP contribution in [0.15, 0.2) is 72.3 Å². The number of amides is 1. The van der Waals surface area contributed by atoms with Crippen LogP contribution in [0.1, 0.15) is 33.9 Å². The van der Waals surface area contributed by atoms with E-state index in [9.17, 15) is 19.5 Å². The zero-order valence-electron chi connectivity index (χ0n) is 20.6. The lowest BCUT2D eigenvalue weighted by molar-refractivity contribution is -0.139. The number of esters is 1. The summed E-state index contributed by atoms with van der Waals surface area (Å²) in [5.41, 5.74) is 3.97.